The van der Waals surface area contributed by atoms with Gasteiger partial charge in [-0.2, -0.15) is 0 Å². The Kier molecular flexibility index (Phi) is 3.90. The van der Waals surface area contributed by atoms with Gasteiger partial charge < -0.3 is 24.4 Å². The number of rotatable bonds is 1. The summed E-state index contributed by atoms with van der Waals surface area (Å²) in [4.78, 5) is 38.1. The molecular formula is C22H28O8. The molecule has 2 saturated carbocycles. The monoisotopic (exact) mass is 420 g/mol. The van der Waals surface area contributed by atoms with Gasteiger partial charge in [-0.3, -0.25) is 9.59 Å². The van der Waals surface area contributed by atoms with Crippen molar-refractivity contribution < 1.29 is 38.8 Å². The van der Waals surface area contributed by atoms with Gasteiger partial charge in [-0.25, -0.2) is 4.79 Å². The number of carbonyl (C=O) groups is 3. The number of carbonyl (C=O) groups excluding carboxylic acids is 3. The first-order valence-electron chi connectivity index (χ1n) is 10.6. The van der Waals surface area contributed by atoms with Crippen molar-refractivity contribution in [1.82, 2.24) is 0 Å². The first kappa shape index (κ1) is 20.0. The van der Waals surface area contributed by atoms with Crippen LogP contribution in [0.1, 0.15) is 52.9 Å². The van der Waals surface area contributed by atoms with Crippen molar-refractivity contribution in [1.29, 1.82) is 0 Å². The Hall–Kier alpha value is -1.93. The molecular weight excluding hydrogens is 392 g/mol. The topological polar surface area (TPSA) is 123 Å². The predicted molar refractivity (Wildman–Crippen MR) is 101 cm³/mol. The number of aliphatic hydroxyl groups is 2. The zero-order valence-electron chi connectivity index (χ0n) is 17.5. The van der Waals surface area contributed by atoms with E-state index in [4.69, 9.17) is 14.2 Å². The molecule has 0 amide bonds. The molecule has 2 N–H and O–H groups in total. The highest BCUT2D eigenvalue weighted by molar-refractivity contribution is 5.93. The lowest BCUT2D eigenvalue weighted by molar-refractivity contribution is -0.226. The Morgan fingerprint density at radius 3 is 2.60 bits per heavy atom. The number of epoxide rings is 1. The van der Waals surface area contributed by atoms with E-state index in [-0.39, 0.29) is 31.1 Å². The van der Waals surface area contributed by atoms with E-state index >= 15 is 0 Å². The van der Waals surface area contributed by atoms with Gasteiger partial charge in [0.25, 0.3) is 0 Å². The molecule has 5 aliphatic rings. The summed E-state index contributed by atoms with van der Waals surface area (Å²) in [6.45, 7) is 5.59. The average Bonchev–Trinajstić information content (AvgIpc) is 3.48. The number of Topliss-reactive ketones (excluding diaryl/α,β-unsaturated/α-hetero) is 1. The molecule has 0 aromatic heterocycles. The van der Waals surface area contributed by atoms with E-state index in [2.05, 4.69) is 0 Å². The van der Waals surface area contributed by atoms with Gasteiger partial charge in [0.2, 0.25) is 0 Å². The summed E-state index contributed by atoms with van der Waals surface area (Å²) in [7, 11) is 0. The molecule has 3 saturated heterocycles. The van der Waals surface area contributed by atoms with Crippen molar-refractivity contribution in [2.75, 3.05) is 6.61 Å². The van der Waals surface area contributed by atoms with E-state index < -0.39 is 52.1 Å². The number of hydrogen-bond donors (Lipinski definition) is 2. The number of ketones is 1. The highest BCUT2D eigenvalue weighted by Gasteiger charge is 2.88. The van der Waals surface area contributed by atoms with Crippen molar-refractivity contribution in [2.24, 2.45) is 22.2 Å². The Morgan fingerprint density at radius 2 is 1.93 bits per heavy atom. The van der Waals surface area contributed by atoms with E-state index in [9.17, 15) is 24.6 Å². The van der Waals surface area contributed by atoms with Crippen LogP contribution in [0.5, 0.6) is 0 Å². The molecule has 5 rings (SSSR count). The highest BCUT2D eigenvalue weighted by atomic mass is 16.7. The molecule has 8 heteroatoms. The maximum Gasteiger partial charge on any atom is 0.339 e. The van der Waals surface area contributed by atoms with Gasteiger partial charge in [0.15, 0.2) is 6.10 Å². The smallest absolute Gasteiger partial charge is 0.339 e. The van der Waals surface area contributed by atoms with Crippen LogP contribution >= 0.6 is 0 Å². The van der Waals surface area contributed by atoms with Gasteiger partial charge in [0.05, 0.1) is 30.8 Å². The fraction of sp³-hybridized carbons (Fsp3) is 0.773. The highest BCUT2D eigenvalue weighted by Crippen LogP contribution is 2.76. The molecule has 8 atom stereocenters. The predicted octanol–water partition coefficient (Wildman–Crippen LogP) is 1.59. The fourth-order valence-electron chi connectivity index (χ4n) is 7.61. The standard InChI is InChI=1S/C22H28O8/c1-11(9-23)16-19(2)6-4-12-20(3,22(19)17(30-22)18(27)29-16)13(24)5-7-21(12)10-28-15(26)8-14(21)25/h9,12,14,16-17,23,25H,4-8,10H2,1-3H3/b11-9+/t12-,14-,16-,17+,19-,20-,21+,22+/m0/s1. The van der Waals surface area contributed by atoms with Crippen LogP contribution in [-0.2, 0) is 28.6 Å². The fourth-order valence-corrected chi connectivity index (χ4v) is 7.61. The van der Waals surface area contributed by atoms with Crippen LogP contribution in [0.2, 0.25) is 0 Å². The van der Waals surface area contributed by atoms with Gasteiger partial charge in [0, 0.05) is 22.8 Å². The van der Waals surface area contributed by atoms with Crippen LogP contribution in [0.25, 0.3) is 0 Å². The lowest BCUT2D eigenvalue weighted by Crippen LogP contribution is -2.72. The van der Waals surface area contributed by atoms with Crippen molar-refractivity contribution >= 4 is 17.7 Å². The number of hydrogen-bond acceptors (Lipinski definition) is 8. The zero-order valence-corrected chi connectivity index (χ0v) is 17.5. The minimum atomic E-state index is -1.07. The van der Waals surface area contributed by atoms with E-state index in [1.165, 1.54) is 0 Å². The summed E-state index contributed by atoms with van der Waals surface area (Å²) in [5.41, 5.74) is -3.04. The summed E-state index contributed by atoms with van der Waals surface area (Å²) < 4.78 is 17.2. The summed E-state index contributed by atoms with van der Waals surface area (Å²) in [5, 5.41) is 20.6. The molecule has 0 radical (unpaired) electrons. The average molecular weight is 420 g/mol. The van der Waals surface area contributed by atoms with E-state index in [0.717, 1.165) is 6.26 Å². The van der Waals surface area contributed by atoms with Crippen LogP contribution in [0, 0.1) is 22.2 Å². The van der Waals surface area contributed by atoms with E-state index in [1.807, 2.05) is 13.8 Å². The first-order valence-corrected chi connectivity index (χ1v) is 10.6. The van der Waals surface area contributed by atoms with Crippen molar-refractivity contribution in [2.45, 2.75) is 76.8 Å². The van der Waals surface area contributed by atoms with E-state index in [1.54, 1.807) is 6.92 Å². The minimum Gasteiger partial charge on any atom is -0.516 e. The van der Waals surface area contributed by atoms with Crippen LogP contribution in [0.15, 0.2) is 11.8 Å². The normalized spacial score (nSPS) is 52.7. The third-order valence-electron chi connectivity index (χ3n) is 9.15. The second-order valence-corrected chi connectivity index (χ2v) is 10.2. The maximum atomic E-state index is 13.5. The number of aliphatic hydroxyl groups excluding tert-OH is 2. The van der Waals surface area contributed by atoms with Crippen LogP contribution in [-0.4, -0.2) is 58.5 Å². The lowest BCUT2D eigenvalue weighted by Gasteiger charge is -2.64. The molecule has 3 heterocycles. The van der Waals surface area contributed by atoms with Gasteiger partial charge in [-0.05, 0) is 39.0 Å². The van der Waals surface area contributed by atoms with Crippen molar-refractivity contribution in [3.8, 4) is 0 Å². The zero-order chi connectivity index (χ0) is 21.7. The first-order chi connectivity index (χ1) is 14.1. The Morgan fingerprint density at radius 1 is 1.20 bits per heavy atom. The summed E-state index contributed by atoms with van der Waals surface area (Å²) >= 11 is 0. The third-order valence-corrected chi connectivity index (χ3v) is 9.15. The van der Waals surface area contributed by atoms with Gasteiger partial charge in [-0.1, -0.05) is 6.92 Å². The molecule has 0 aromatic carbocycles. The van der Waals surface area contributed by atoms with Crippen molar-refractivity contribution in [3.63, 3.8) is 0 Å². The minimum absolute atomic E-state index is 0.00901. The second-order valence-electron chi connectivity index (χ2n) is 10.2. The number of cyclic esters (lactones) is 2. The van der Waals surface area contributed by atoms with E-state index in [0.29, 0.717) is 24.8 Å². The third kappa shape index (κ3) is 1.98. The van der Waals surface area contributed by atoms with Gasteiger partial charge in [0.1, 0.15) is 17.5 Å². The van der Waals surface area contributed by atoms with Crippen molar-refractivity contribution in [3.05, 3.63) is 11.8 Å². The molecule has 0 bridgehead atoms. The number of fused-ring (bicyclic) bond motifs is 2. The molecule has 0 aromatic rings. The number of esters is 2. The van der Waals surface area contributed by atoms with Crippen LogP contribution in [0.3, 0.4) is 0 Å². The Bertz CT molecular complexity index is 876. The summed E-state index contributed by atoms with van der Waals surface area (Å²) in [6, 6.07) is 0. The summed E-state index contributed by atoms with van der Waals surface area (Å²) in [5.74, 6) is -1.24. The lowest BCUT2D eigenvalue weighted by atomic mass is 9.39. The SMILES string of the molecule is C/C(=C\O)[C@@H]1OC(=O)[C@H]2O[C@@]23[C@@]1(C)CC[C@@H]1[C@@]2(CCC(=O)[C@]13C)COC(=O)C[C@@H]2O. The quantitative estimate of drug-likeness (QED) is 0.372. The molecule has 8 nitrogen and oxygen atoms in total. The van der Waals surface area contributed by atoms with Gasteiger partial charge >= 0.3 is 11.9 Å². The Balaban J connectivity index is 1.66. The van der Waals surface area contributed by atoms with Gasteiger partial charge in [-0.15, -0.1) is 0 Å². The second kappa shape index (κ2) is 5.85. The molecule has 30 heavy (non-hydrogen) atoms. The molecule has 3 aliphatic heterocycles. The molecule has 2 aliphatic carbocycles. The Labute approximate surface area is 174 Å². The number of ether oxygens (including phenoxy) is 3. The van der Waals surface area contributed by atoms with Crippen LogP contribution in [0.4, 0.5) is 0 Å². The van der Waals surface area contributed by atoms with Crippen LogP contribution < -0.4 is 0 Å². The molecule has 2 spiro atoms. The molecule has 0 unspecified atom stereocenters. The summed E-state index contributed by atoms with van der Waals surface area (Å²) in [6.07, 6.45) is 0.257. The molecule has 5 fully saturated rings. The molecule has 164 valence electrons. The maximum absolute atomic E-state index is 13.5. The largest absolute Gasteiger partial charge is 0.516 e.